The molecule has 1 atom stereocenters. The molecule has 5 heteroatoms. The van der Waals surface area contributed by atoms with Crippen LogP contribution in [0.4, 0.5) is 0 Å². The number of nitrogens with one attached hydrogen (secondary N) is 1. The minimum atomic E-state index is -0.0868. The third-order valence-corrected chi connectivity index (χ3v) is 3.36. The standard InChI is InChI=1S/C9H13BrN2O2/c10-7-3-4-12(9(7)14)5-8(13)11-6-1-2-6/h6-7H,1-5H2,(H,11,13). The summed E-state index contributed by atoms with van der Waals surface area (Å²) in [6.07, 6.45) is 2.97. The number of likely N-dealkylation sites (tertiary alicyclic amines) is 1. The Kier molecular flexibility index (Phi) is 2.76. The fourth-order valence-electron chi connectivity index (χ4n) is 1.53. The van der Waals surface area contributed by atoms with Crippen LogP contribution < -0.4 is 5.32 Å². The molecule has 2 rings (SSSR count). The smallest absolute Gasteiger partial charge is 0.239 e. The number of amides is 2. The maximum absolute atomic E-state index is 11.4. The van der Waals surface area contributed by atoms with Crippen molar-refractivity contribution in [2.75, 3.05) is 13.1 Å². The molecule has 0 spiro atoms. The van der Waals surface area contributed by atoms with E-state index in [1.807, 2.05) is 0 Å². The minimum absolute atomic E-state index is 0.0255. The van der Waals surface area contributed by atoms with Gasteiger partial charge in [0.15, 0.2) is 0 Å². The van der Waals surface area contributed by atoms with Gasteiger partial charge in [-0.3, -0.25) is 9.59 Å². The predicted octanol–water partition coefficient (Wildman–Crippen LogP) is 0.261. The largest absolute Gasteiger partial charge is 0.352 e. The lowest BCUT2D eigenvalue weighted by Crippen LogP contribution is -2.39. The van der Waals surface area contributed by atoms with Gasteiger partial charge in [0.25, 0.3) is 0 Å². The lowest BCUT2D eigenvalue weighted by atomic mass is 10.4. The molecule has 0 bridgehead atoms. The van der Waals surface area contributed by atoms with Crippen LogP contribution in [0.15, 0.2) is 0 Å². The first-order chi connectivity index (χ1) is 6.66. The topological polar surface area (TPSA) is 49.4 Å². The number of hydrogen-bond acceptors (Lipinski definition) is 2. The van der Waals surface area contributed by atoms with Crippen LogP contribution in [0.25, 0.3) is 0 Å². The van der Waals surface area contributed by atoms with Gasteiger partial charge in [0.2, 0.25) is 11.8 Å². The fraction of sp³-hybridized carbons (Fsp3) is 0.778. The van der Waals surface area contributed by atoms with Crippen molar-refractivity contribution >= 4 is 27.7 Å². The van der Waals surface area contributed by atoms with Gasteiger partial charge < -0.3 is 10.2 Å². The van der Waals surface area contributed by atoms with Gasteiger partial charge >= 0.3 is 0 Å². The highest BCUT2D eigenvalue weighted by Gasteiger charge is 2.31. The number of alkyl halides is 1. The monoisotopic (exact) mass is 260 g/mol. The van der Waals surface area contributed by atoms with E-state index in [2.05, 4.69) is 21.2 Å². The second-order valence-corrected chi connectivity index (χ2v) is 4.96. The molecule has 1 heterocycles. The SMILES string of the molecule is O=C(CN1CCC(Br)C1=O)NC1CC1. The van der Waals surface area contributed by atoms with Gasteiger partial charge in [0.05, 0.1) is 11.4 Å². The van der Waals surface area contributed by atoms with Gasteiger partial charge in [-0.2, -0.15) is 0 Å². The third kappa shape index (κ3) is 2.26. The molecule has 4 nitrogen and oxygen atoms in total. The average Bonchev–Trinajstić information content (AvgIpc) is 2.89. The van der Waals surface area contributed by atoms with Crippen molar-refractivity contribution in [3.8, 4) is 0 Å². The second-order valence-electron chi connectivity index (χ2n) is 3.86. The van der Waals surface area contributed by atoms with Crippen LogP contribution in [0.1, 0.15) is 19.3 Å². The third-order valence-electron chi connectivity index (χ3n) is 2.51. The maximum atomic E-state index is 11.4. The van der Waals surface area contributed by atoms with Crippen LogP contribution in [0.2, 0.25) is 0 Å². The zero-order valence-corrected chi connectivity index (χ0v) is 9.42. The van der Waals surface area contributed by atoms with Crippen molar-refractivity contribution in [3.05, 3.63) is 0 Å². The molecule has 1 unspecified atom stereocenters. The fourth-order valence-corrected chi connectivity index (χ4v) is 2.03. The number of hydrogen-bond donors (Lipinski definition) is 1. The summed E-state index contributed by atoms with van der Waals surface area (Å²) in [7, 11) is 0. The molecule has 1 N–H and O–H groups in total. The zero-order valence-electron chi connectivity index (χ0n) is 7.83. The minimum Gasteiger partial charge on any atom is -0.352 e. The quantitative estimate of drug-likeness (QED) is 0.741. The van der Waals surface area contributed by atoms with Gasteiger partial charge in [0.1, 0.15) is 0 Å². The van der Waals surface area contributed by atoms with E-state index < -0.39 is 0 Å². The van der Waals surface area contributed by atoms with Gasteiger partial charge in [-0.05, 0) is 19.3 Å². The van der Waals surface area contributed by atoms with Crippen molar-refractivity contribution in [2.24, 2.45) is 0 Å². The average molecular weight is 261 g/mol. The van der Waals surface area contributed by atoms with Crippen molar-refractivity contribution in [2.45, 2.75) is 30.1 Å². The highest BCUT2D eigenvalue weighted by Crippen LogP contribution is 2.20. The van der Waals surface area contributed by atoms with E-state index >= 15 is 0 Å². The van der Waals surface area contributed by atoms with E-state index in [0.29, 0.717) is 12.6 Å². The molecule has 1 aliphatic carbocycles. The summed E-state index contributed by atoms with van der Waals surface area (Å²) in [6.45, 7) is 0.907. The van der Waals surface area contributed by atoms with Gasteiger partial charge in [-0.15, -0.1) is 0 Å². The molecule has 78 valence electrons. The Balaban J connectivity index is 1.78. The predicted molar refractivity (Wildman–Crippen MR) is 55.1 cm³/mol. The Morgan fingerprint density at radius 2 is 2.21 bits per heavy atom. The van der Waals surface area contributed by atoms with E-state index in [1.54, 1.807) is 4.90 Å². The van der Waals surface area contributed by atoms with E-state index in [1.165, 1.54) is 0 Å². The molecule has 2 fully saturated rings. The Bertz CT molecular complexity index is 266. The molecule has 0 radical (unpaired) electrons. The molecule has 0 aromatic rings. The number of nitrogens with zero attached hydrogens (tertiary/aromatic N) is 1. The van der Waals surface area contributed by atoms with E-state index in [0.717, 1.165) is 19.3 Å². The molecule has 0 aromatic heterocycles. The molecule has 2 amide bonds. The van der Waals surface area contributed by atoms with Crippen molar-refractivity contribution < 1.29 is 9.59 Å². The second kappa shape index (κ2) is 3.88. The first-order valence-corrected chi connectivity index (χ1v) is 5.80. The lowest BCUT2D eigenvalue weighted by molar-refractivity contribution is -0.132. The van der Waals surface area contributed by atoms with Crippen LogP contribution in [0.3, 0.4) is 0 Å². The first-order valence-electron chi connectivity index (χ1n) is 4.89. The van der Waals surface area contributed by atoms with Crippen LogP contribution in [0.5, 0.6) is 0 Å². The number of halogens is 1. The zero-order chi connectivity index (χ0) is 10.1. The summed E-state index contributed by atoms with van der Waals surface area (Å²) >= 11 is 3.27. The Morgan fingerprint density at radius 3 is 2.71 bits per heavy atom. The summed E-state index contributed by atoms with van der Waals surface area (Å²) in [6, 6.07) is 0.375. The highest BCUT2D eigenvalue weighted by atomic mass is 79.9. The molecule has 2 aliphatic rings. The summed E-state index contributed by atoms with van der Waals surface area (Å²) in [5, 5.41) is 2.87. The van der Waals surface area contributed by atoms with E-state index in [4.69, 9.17) is 0 Å². The number of rotatable bonds is 3. The van der Waals surface area contributed by atoms with Crippen molar-refractivity contribution in [1.82, 2.24) is 10.2 Å². The van der Waals surface area contributed by atoms with Crippen LogP contribution in [-0.4, -0.2) is 40.7 Å². The first kappa shape index (κ1) is 9.96. The van der Waals surface area contributed by atoms with Crippen molar-refractivity contribution in [1.29, 1.82) is 0 Å². The van der Waals surface area contributed by atoms with E-state index in [9.17, 15) is 9.59 Å². The van der Waals surface area contributed by atoms with Gasteiger partial charge in [-0.25, -0.2) is 0 Å². The number of carbonyl (C=O) groups is 2. The summed E-state index contributed by atoms with van der Waals surface area (Å²) < 4.78 is 0. The number of carbonyl (C=O) groups excluding carboxylic acids is 2. The molecule has 14 heavy (non-hydrogen) atoms. The van der Waals surface area contributed by atoms with Crippen LogP contribution in [0, 0.1) is 0 Å². The Hall–Kier alpha value is -0.580. The molecule has 0 aromatic carbocycles. The van der Waals surface area contributed by atoms with Crippen LogP contribution in [-0.2, 0) is 9.59 Å². The maximum Gasteiger partial charge on any atom is 0.239 e. The molecular formula is C9H13BrN2O2. The van der Waals surface area contributed by atoms with Crippen LogP contribution >= 0.6 is 15.9 Å². The molecule has 1 saturated carbocycles. The normalized spacial score (nSPS) is 26.8. The van der Waals surface area contributed by atoms with E-state index in [-0.39, 0.29) is 23.2 Å². The van der Waals surface area contributed by atoms with Crippen molar-refractivity contribution in [3.63, 3.8) is 0 Å². The Morgan fingerprint density at radius 1 is 1.50 bits per heavy atom. The van der Waals surface area contributed by atoms with Gasteiger partial charge in [-0.1, -0.05) is 15.9 Å². The summed E-state index contributed by atoms with van der Waals surface area (Å²) in [4.78, 5) is 24.3. The lowest BCUT2D eigenvalue weighted by Gasteiger charge is -2.14. The summed E-state index contributed by atoms with van der Waals surface area (Å²) in [5.41, 5.74) is 0. The van der Waals surface area contributed by atoms with Gasteiger partial charge in [0, 0.05) is 12.6 Å². The molecular weight excluding hydrogens is 248 g/mol. The molecule has 1 saturated heterocycles. The highest BCUT2D eigenvalue weighted by molar-refractivity contribution is 9.10. The Labute approximate surface area is 91.1 Å². The summed E-state index contributed by atoms with van der Waals surface area (Å²) in [5.74, 6) is 0.0124. The molecule has 1 aliphatic heterocycles.